The van der Waals surface area contributed by atoms with Gasteiger partial charge >= 0.3 is 5.97 Å². The number of aliphatic hydroxyl groups is 1. The summed E-state index contributed by atoms with van der Waals surface area (Å²) in [6, 6.07) is 0. The third kappa shape index (κ3) is 2.71. The van der Waals surface area contributed by atoms with E-state index >= 15 is 0 Å². The predicted octanol–water partition coefficient (Wildman–Crippen LogP) is 2.04. The van der Waals surface area contributed by atoms with Crippen LogP contribution in [0, 0.1) is 11.8 Å². The van der Waals surface area contributed by atoms with Crippen molar-refractivity contribution in [1.82, 2.24) is 0 Å². The van der Waals surface area contributed by atoms with Crippen LogP contribution >= 0.6 is 0 Å². The fourth-order valence-corrected chi connectivity index (χ4v) is 2.38. The molecule has 0 bridgehead atoms. The van der Waals surface area contributed by atoms with Gasteiger partial charge in [0.15, 0.2) is 0 Å². The van der Waals surface area contributed by atoms with E-state index in [1.54, 1.807) is 0 Å². The van der Waals surface area contributed by atoms with Crippen molar-refractivity contribution in [3.8, 4) is 0 Å². The summed E-state index contributed by atoms with van der Waals surface area (Å²) in [6.07, 6.45) is 5.05. The van der Waals surface area contributed by atoms with Gasteiger partial charge in [0, 0.05) is 0 Å². The molecule has 1 rings (SSSR count). The molecule has 0 aromatic carbocycles. The van der Waals surface area contributed by atoms with Crippen molar-refractivity contribution >= 4 is 5.97 Å². The van der Waals surface area contributed by atoms with E-state index in [-0.39, 0.29) is 5.92 Å². The molecule has 14 heavy (non-hydrogen) atoms. The lowest BCUT2D eigenvalue weighted by atomic mass is 9.87. The van der Waals surface area contributed by atoms with Crippen molar-refractivity contribution in [1.29, 1.82) is 0 Å². The molecule has 0 aromatic heterocycles. The molecule has 1 aliphatic rings. The SMILES string of the molecule is CCCC(C(=O)O)C(O)C1CCCC1. The zero-order valence-corrected chi connectivity index (χ0v) is 8.78. The highest BCUT2D eigenvalue weighted by Crippen LogP contribution is 2.32. The molecular weight excluding hydrogens is 180 g/mol. The number of carboxylic acids is 1. The predicted molar refractivity (Wildman–Crippen MR) is 54.0 cm³/mol. The number of carboxylic acid groups (broad SMARTS) is 1. The van der Waals surface area contributed by atoms with Crippen molar-refractivity contribution in [3.05, 3.63) is 0 Å². The first kappa shape index (κ1) is 11.5. The molecule has 0 amide bonds. The lowest BCUT2D eigenvalue weighted by Crippen LogP contribution is -2.33. The van der Waals surface area contributed by atoms with Crippen LogP contribution in [-0.2, 0) is 4.79 Å². The first-order valence-electron chi connectivity index (χ1n) is 5.57. The number of aliphatic hydroxyl groups excluding tert-OH is 1. The maximum Gasteiger partial charge on any atom is 0.309 e. The van der Waals surface area contributed by atoms with Gasteiger partial charge in [-0.25, -0.2) is 0 Å². The Morgan fingerprint density at radius 1 is 1.43 bits per heavy atom. The lowest BCUT2D eigenvalue weighted by molar-refractivity contribution is -0.147. The van der Waals surface area contributed by atoms with Crippen LogP contribution in [0.2, 0.25) is 0 Å². The number of hydrogen-bond acceptors (Lipinski definition) is 2. The Bertz CT molecular complexity index is 185. The summed E-state index contributed by atoms with van der Waals surface area (Å²) in [5.74, 6) is -1.17. The molecule has 1 fully saturated rings. The van der Waals surface area contributed by atoms with Gasteiger partial charge in [-0.3, -0.25) is 4.79 Å². The summed E-state index contributed by atoms with van der Waals surface area (Å²) in [4.78, 5) is 10.9. The Hall–Kier alpha value is -0.570. The minimum atomic E-state index is -0.841. The molecule has 0 aliphatic heterocycles. The molecule has 1 aliphatic carbocycles. The smallest absolute Gasteiger partial charge is 0.309 e. The van der Waals surface area contributed by atoms with Crippen molar-refractivity contribution in [2.45, 2.75) is 51.6 Å². The molecule has 2 unspecified atom stereocenters. The fourth-order valence-electron chi connectivity index (χ4n) is 2.38. The average molecular weight is 200 g/mol. The summed E-state index contributed by atoms with van der Waals surface area (Å²) in [5.41, 5.74) is 0. The van der Waals surface area contributed by atoms with Crippen LogP contribution in [0.3, 0.4) is 0 Å². The zero-order valence-electron chi connectivity index (χ0n) is 8.78. The van der Waals surface area contributed by atoms with Gasteiger partial charge in [0.25, 0.3) is 0 Å². The Labute approximate surface area is 85.1 Å². The van der Waals surface area contributed by atoms with Crippen molar-refractivity contribution in [3.63, 3.8) is 0 Å². The van der Waals surface area contributed by atoms with Gasteiger partial charge in [-0.15, -0.1) is 0 Å². The standard InChI is InChI=1S/C11H20O3/c1-2-5-9(11(13)14)10(12)8-6-3-4-7-8/h8-10,12H,2-7H2,1H3,(H,13,14). The maximum atomic E-state index is 10.9. The maximum absolute atomic E-state index is 10.9. The Balaban J connectivity index is 2.52. The normalized spacial score (nSPS) is 22.1. The van der Waals surface area contributed by atoms with Gasteiger partial charge in [0.05, 0.1) is 12.0 Å². The van der Waals surface area contributed by atoms with E-state index in [1.165, 1.54) is 0 Å². The molecule has 82 valence electrons. The van der Waals surface area contributed by atoms with E-state index in [2.05, 4.69) is 0 Å². The lowest BCUT2D eigenvalue weighted by Gasteiger charge is -2.23. The minimum Gasteiger partial charge on any atom is -0.481 e. The van der Waals surface area contributed by atoms with Gasteiger partial charge in [-0.05, 0) is 25.2 Å². The molecule has 1 saturated carbocycles. The van der Waals surface area contributed by atoms with Crippen LogP contribution in [0.15, 0.2) is 0 Å². The summed E-state index contributed by atoms with van der Waals surface area (Å²) < 4.78 is 0. The highest BCUT2D eigenvalue weighted by atomic mass is 16.4. The molecule has 2 atom stereocenters. The zero-order chi connectivity index (χ0) is 10.6. The third-order valence-corrected chi connectivity index (χ3v) is 3.21. The molecule has 0 aromatic rings. The second kappa shape index (κ2) is 5.35. The van der Waals surface area contributed by atoms with Crippen molar-refractivity contribution < 1.29 is 15.0 Å². The number of aliphatic carboxylic acids is 1. The first-order valence-corrected chi connectivity index (χ1v) is 5.57. The summed E-state index contributed by atoms with van der Waals surface area (Å²) in [6.45, 7) is 1.96. The van der Waals surface area contributed by atoms with E-state index in [0.717, 1.165) is 32.1 Å². The topological polar surface area (TPSA) is 57.5 Å². The van der Waals surface area contributed by atoms with Crippen LogP contribution in [0.5, 0.6) is 0 Å². The second-order valence-corrected chi connectivity index (χ2v) is 4.27. The van der Waals surface area contributed by atoms with Gasteiger partial charge in [-0.2, -0.15) is 0 Å². The average Bonchev–Trinajstić information content (AvgIpc) is 2.65. The summed E-state index contributed by atoms with van der Waals surface area (Å²) in [5, 5.41) is 18.9. The Morgan fingerprint density at radius 2 is 2.00 bits per heavy atom. The van der Waals surface area contributed by atoms with Gasteiger partial charge in [-0.1, -0.05) is 26.2 Å². The van der Waals surface area contributed by atoms with Crippen LogP contribution in [0.4, 0.5) is 0 Å². The van der Waals surface area contributed by atoms with Gasteiger partial charge in [0.1, 0.15) is 0 Å². The molecule has 3 nitrogen and oxygen atoms in total. The molecule has 0 radical (unpaired) electrons. The molecule has 0 spiro atoms. The highest BCUT2D eigenvalue weighted by Gasteiger charge is 2.33. The van der Waals surface area contributed by atoms with Crippen LogP contribution in [0.25, 0.3) is 0 Å². The monoisotopic (exact) mass is 200 g/mol. The number of hydrogen-bond donors (Lipinski definition) is 2. The van der Waals surface area contributed by atoms with Gasteiger partial charge in [0.2, 0.25) is 0 Å². The van der Waals surface area contributed by atoms with Crippen LogP contribution in [0.1, 0.15) is 45.4 Å². The molecule has 0 saturated heterocycles. The van der Waals surface area contributed by atoms with E-state index in [0.29, 0.717) is 6.42 Å². The molecule has 0 heterocycles. The second-order valence-electron chi connectivity index (χ2n) is 4.27. The summed E-state index contributed by atoms with van der Waals surface area (Å²) in [7, 11) is 0. The van der Waals surface area contributed by atoms with E-state index < -0.39 is 18.0 Å². The van der Waals surface area contributed by atoms with Crippen molar-refractivity contribution in [2.75, 3.05) is 0 Å². The minimum absolute atomic E-state index is 0.225. The van der Waals surface area contributed by atoms with Crippen molar-refractivity contribution in [2.24, 2.45) is 11.8 Å². The van der Waals surface area contributed by atoms with Crippen LogP contribution in [-0.4, -0.2) is 22.3 Å². The molecule has 2 N–H and O–H groups in total. The summed E-state index contributed by atoms with van der Waals surface area (Å²) >= 11 is 0. The van der Waals surface area contributed by atoms with E-state index in [9.17, 15) is 9.90 Å². The quantitative estimate of drug-likeness (QED) is 0.714. The fraction of sp³-hybridized carbons (Fsp3) is 0.909. The highest BCUT2D eigenvalue weighted by molar-refractivity contribution is 5.70. The molecule has 3 heteroatoms. The van der Waals surface area contributed by atoms with Gasteiger partial charge < -0.3 is 10.2 Å². The third-order valence-electron chi connectivity index (χ3n) is 3.21. The number of rotatable bonds is 5. The largest absolute Gasteiger partial charge is 0.481 e. The van der Waals surface area contributed by atoms with E-state index in [4.69, 9.17) is 5.11 Å². The van der Waals surface area contributed by atoms with Crippen LogP contribution < -0.4 is 0 Å². The Kier molecular flexibility index (Phi) is 4.39. The molecular formula is C11H20O3. The first-order chi connectivity index (χ1) is 6.66. The van der Waals surface area contributed by atoms with E-state index in [1.807, 2.05) is 6.92 Å². The Morgan fingerprint density at radius 3 is 2.43 bits per heavy atom. The number of carbonyl (C=O) groups is 1.